The van der Waals surface area contributed by atoms with E-state index in [-0.39, 0.29) is 4.90 Å². The summed E-state index contributed by atoms with van der Waals surface area (Å²) >= 11 is 3.33. The van der Waals surface area contributed by atoms with Crippen molar-refractivity contribution in [1.82, 2.24) is 0 Å². The summed E-state index contributed by atoms with van der Waals surface area (Å²) in [6.45, 7) is 0. The minimum atomic E-state index is -3.56. The molecule has 0 unspecified atom stereocenters. The van der Waals surface area contributed by atoms with Gasteiger partial charge >= 0.3 is 0 Å². The Kier molecular flexibility index (Phi) is 4.97. The van der Waals surface area contributed by atoms with E-state index in [2.05, 4.69) is 15.9 Å². The highest BCUT2D eigenvalue weighted by Crippen LogP contribution is 2.27. The summed E-state index contributed by atoms with van der Waals surface area (Å²) in [5, 5.41) is 1.35. The van der Waals surface area contributed by atoms with Crippen LogP contribution in [0.4, 0.5) is 0 Å². The highest BCUT2D eigenvalue weighted by Gasteiger charge is 2.15. The average Bonchev–Trinajstić information content (AvgIpc) is 2.62. The summed E-state index contributed by atoms with van der Waals surface area (Å²) < 4.78 is 26.5. The molecule has 0 aliphatic rings. The van der Waals surface area contributed by atoms with Crippen LogP contribution in [-0.2, 0) is 9.84 Å². The fourth-order valence-electron chi connectivity index (χ4n) is 2.39. The fourth-order valence-corrected chi connectivity index (χ4v) is 3.88. The maximum atomic E-state index is 12.8. The molecule has 0 bridgehead atoms. The molecular formula is C20H15BrO2S. The van der Waals surface area contributed by atoms with Gasteiger partial charge in [0.15, 0.2) is 9.84 Å². The maximum Gasteiger partial charge on any atom is 0.200 e. The minimum absolute atomic E-state index is 0.273. The highest BCUT2D eigenvalue weighted by atomic mass is 79.9. The van der Waals surface area contributed by atoms with Crippen molar-refractivity contribution in [3.63, 3.8) is 0 Å². The van der Waals surface area contributed by atoms with Crippen LogP contribution in [0.5, 0.6) is 0 Å². The average molecular weight is 399 g/mol. The first-order chi connectivity index (χ1) is 11.6. The van der Waals surface area contributed by atoms with E-state index in [1.807, 2.05) is 60.7 Å². The molecule has 2 nitrogen and oxygen atoms in total. The standard InChI is InChI=1S/C20H15BrO2S/c21-18-11-13-19(14-12-18)24(22,23)15-20(16-7-3-1-4-8-16)17-9-5-2-6-10-17/h1-15H. The van der Waals surface area contributed by atoms with E-state index in [4.69, 9.17) is 0 Å². The van der Waals surface area contributed by atoms with Crippen molar-refractivity contribution < 1.29 is 8.42 Å². The Morgan fingerprint density at radius 2 is 1.17 bits per heavy atom. The molecule has 0 spiro atoms. The van der Waals surface area contributed by atoms with Crippen molar-refractivity contribution >= 4 is 31.3 Å². The van der Waals surface area contributed by atoms with Gasteiger partial charge in [0.25, 0.3) is 0 Å². The summed E-state index contributed by atoms with van der Waals surface area (Å²) in [7, 11) is -3.56. The number of hydrogen-bond donors (Lipinski definition) is 0. The summed E-state index contributed by atoms with van der Waals surface area (Å²) in [4.78, 5) is 0.273. The molecule has 0 saturated carbocycles. The molecule has 0 N–H and O–H groups in total. The van der Waals surface area contributed by atoms with Crippen LogP contribution in [0.15, 0.2) is 99.7 Å². The topological polar surface area (TPSA) is 34.1 Å². The smallest absolute Gasteiger partial charge is 0.200 e. The Balaban J connectivity index is 2.15. The van der Waals surface area contributed by atoms with Crippen molar-refractivity contribution in [2.75, 3.05) is 0 Å². The fraction of sp³-hybridized carbons (Fsp3) is 0. The van der Waals surface area contributed by atoms with E-state index in [0.717, 1.165) is 15.6 Å². The summed E-state index contributed by atoms with van der Waals surface area (Å²) in [6.07, 6.45) is 0. The van der Waals surface area contributed by atoms with Crippen LogP contribution in [0.25, 0.3) is 5.57 Å². The van der Waals surface area contributed by atoms with Crippen LogP contribution >= 0.6 is 15.9 Å². The van der Waals surface area contributed by atoms with Crippen LogP contribution < -0.4 is 0 Å². The Labute approximate surface area is 150 Å². The molecule has 0 aliphatic carbocycles. The lowest BCUT2D eigenvalue weighted by Crippen LogP contribution is -1.99. The molecule has 0 aromatic heterocycles. The zero-order chi connectivity index (χ0) is 17.0. The normalized spacial score (nSPS) is 11.0. The molecule has 3 aromatic carbocycles. The van der Waals surface area contributed by atoms with E-state index >= 15 is 0 Å². The first-order valence-corrected chi connectivity index (χ1v) is 9.73. The Bertz CT molecular complexity index is 904. The molecule has 0 radical (unpaired) electrons. The van der Waals surface area contributed by atoms with Gasteiger partial charge in [-0.1, -0.05) is 76.6 Å². The van der Waals surface area contributed by atoms with Gasteiger partial charge in [-0.15, -0.1) is 0 Å². The molecule has 0 amide bonds. The maximum absolute atomic E-state index is 12.8. The van der Waals surface area contributed by atoms with E-state index in [9.17, 15) is 8.42 Å². The van der Waals surface area contributed by atoms with Crippen molar-refractivity contribution in [3.8, 4) is 0 Å². The van der Waals surface area contributed by atoms with Crippen LogP contribution in [0.2, 0.25) is 0 Å². The SMILES string of the molecule is O=S(=O)(C=C(c1ccccc1)c1ccccc1)c1ccc(Br)cc1. The number of benzene rings is 3. The second kappa shape index (κ2) is 7.16. The number of halogens is 1. The van der Waals surface area contributed by atoms with Gasteiger partial charge in [0, 0.05) is 15.5 Å². The van der Waals surface area contributed by atoms with Gasteiger partial charge in [-0.25, -0.2) is 8.42 Å². The molecule has 0 saturated heterocycles. The molecule has 120 valence electrons. The second-order valence-corrected chi connectivity index (χ2v) is 7.98. The lowest BCUT2D eigenvalue weighted by molar-refractivity contribution is 0.604. The molecule has 4 heteroatoms. The van der Waals surface area contributed by atoms with E-state index in [0.29, 0.717) is 5.57 Å². The molecule has 0 aliphatic heterocycles. The molecule has 3 aromatic rings. The van der Waals surface area contributed by atoms with E-state index in [1.54, 1.807) is 24.3 Å². The Morgan fingerprint density at radius 1 is 0.708 bits per heavy atom. The minimum Gasteiger partial charge on any atom is -0.219 e. The largest absolute Gasteiger partial charge is 0.219 e. The van der Waals surface area contributed by atoms with Gasteiger partial charge in [0.2, 0.25) is 0 Å². The summed E-state index contributed by atoms with van der Waals surface area (Å²) in [6, 6.07) is 25.7. The third kappa shape index (κ3) is 3.83. The first kappa shape index (κ1) is 16.7. The number of hydrogen-bond acceptors (Lipinski definition) is 2. The quantitative estimate of drug-likeness (QED) is 0.596. The lowest BCUT2D eigenvalue weighted by atomic mass is 10.00. The molecule has 0 atom stereocenters. The molecule has 3 rings (SSSR count). The third-order valence-corrected chi connectivity index (χ3v) is 5.59. The van der Waals surface area contributed by atoms with Gasteiger partial charge in [-0.3, -0.25) is 0 Å². The summed E-state index contributed by atoms with van der Waals surface area (Å²) in [5.41, 5.74) is 2.41. The lowest BCUT2D eigenvalue weighted by Gasteiger charge is -2.09. The number of rotatable bonds is 4. The zero-order valence-electron chi connectivity index (χ0n) is 12.8. The Hall–Kier alpha value is -2.17. The highest BCUT2D eigenvalue weighted by molar-refractivity contribution is 9.10. The zero-order valence-corrected chi connectivity index (χ0v) is 15.2. The summed E-state index contributed by atoms with van der Waals surface area (Å²) in [5.74, 6) is 0. The predicted molar refractivity (Wildman–Crippen MR) is 101 cm³/mol. The second-order valence-electron chi connectivity index (χ2n) is 5.26. The van der Waals surface area contributed by atoms with Crippen molar-refractivity contribution in [2.24, 2.45) is 0 Å². The van der Waals surface area contributed by atoms with E-state index in [1.165, 1.54) is 5.41 Å². The van der Waals surface area contributed by atoms with Gasteiger partial charge in [0.1, 0.15) is 0 Å². The molecular weight excluding hydrogens is 384 g/mol. The van der Waals surface area contributed by atoms with Crippen LogP contribution in [0.3, 0.4) is 0 Å². The van der Waals surface area contributed by atoms with Gasteiger partial charge < -0.3 is 0 Å². The Morgan fingerprint density at radius 3 is 1.62 bits per heavy atom. The van der Waals surface area contributed by atoms with Crippen LogP contribution in [0, 0.1) is 0 Å². The van der Waals surface area contributed by atoms with Crippen LogP contribution in [-0.4, -0.2) is 8.42 Å². The first-order valence-electron chi connectivity index (χ1n) is 7.39. The van der Waals surface area contributed by atoms with Crippen molar-refractivity contribution in [1.29, 1.82) is 0 Å². The van der Waals surface area contributed by atoms with Crippen LogP contribution in [0.1, 0.15) is 11.1 Å². The van der Waals surface area contributed by atoms with Gasteiger partial charge in [-0.2, -0.15) is 0 Å². The van der Waals surface area contributed by atoms with Gasteiger partial charge in [0.05, 0.1) is 4.90 Å². The molecule has 0 fully saturated rings. The van der Waals surface area contributed by atoms with Crippen molar-refractivity contribution in [2.45, 2.75) is 4.90 Å². The van der Waals surface area contributed by atoms with E-state index < -0.39 is 9.84 Å². The monoisotopic (exact) mass is 398 g/mol. The predicted octanol–water partition coefficient (Wildman–Crippen LogP) is 5.31. The third-order valence-electron chi connectivity index (χ3n) is 3.58. The van der Waals surface area contributed by atoms with Gasteiger partial charge in [-0.05, 0) is 35.4 Å². The number of sulfone groups is 1. The van der Waals surface area contributed by atoms with Crippen molar-refractivity contribution in [3.05, 3.63) is 106 Å². The molecule has 24 heavy (non-hydrogen) atoms. The molecule has 0 heterocycles.